The molecule has 1 aliphatic heterocycles. The van der Waals surface area contributed by atoms with Crippen LogP contribution in [0.5, 0.6) is 5.75 Å². The summed E-state index contributed by atoms with van der Waals surface area (Å²) in [5, 5.41) is 10.9. The number of nitrogens with one attached hydrogen (secondary N) is 1. The number of para-hydroxylation sites is 1. The summed E-state index contributed by atoms with van der Waals surface area (Å²) in [6.07, 6.45) is 0. The Bertz CT molecular complexity index is 919. The van der Waals surface area contributed by atoms with E-state index in [0.29, 0.717) is 10.6 Å². The van der Waals surface area contributed by atoms with E-state index in [1.54, 1.807) is 51.1 Å². The Morgan fingerprint density at radius 3 is 2.39 bits per heavy atom. The fourth-order valence-corrected chi connectivity index (χ4v) is 3.74. The van der Waals surface area contributed by atoms with Crippen LogP contribution >= 0.6 is 0 Å². The number of rotatable bonds is 8. The van der Waals surface area contributed by atoms with E-state index in [-0.39, 0.29) is 5.62 Å². The second-order valence-corrected chi connectivity index (χ2v) is 8.94. The molecule has 11 heteroatoms. The summed E-state index contributed by atoms with van der Waals surface area (Å²) >= 11 is 0. The molecule has 1 aromatic carbocycles. The van der Waals surface area contributed by atoms with Gasteiger partial charge in [-0.25, -0.2) is 9.00 Å². The average molecular weight is 452 g/mol. The fraction of sp³-hybridized carbons (Fsp3) is 0.400. The van der Waals surface area contributed by atoms with Gasteiger partial charge < -0.3 is 19.9 Å². The minimum absolute atomic E-state index is 0.0865. The van der Waals surface area contributed by atoms with Crippen LogP contribution in [0.15, 0.2) is 41.8 Å². The Morgan fingerprint density at radius 2 is 1.87 bits per heavy atom. The van der Waals surface area contributed by atoms with Crippen molar-refractivity contribution in [2.24, 2.45) is 0 Å². The number of β-lactam (4-membered cyclic amide) rings is 1. The van der Waals surface area contributed by atoms with Gasteiger partial charge in [-0.1, -0.05) is 18.2 Å². The third-order valence-corrected chi connectivity index (χ3v) is 5.13. The van der Waals surface area contributed by atoms with Crippen molar-refractivity contribution in [1.29, 1.82) is 0 Å². The van der Waals surface area contributed by atoms with Crippen molar-refractivity contribution in [3.05, 3.63) is 41.8 Å². The maximum atomic E-state index is 12.7. The molecule has 0 aromatic heterocycles. The molecule has 168 valence electrons. The van der Waals surface area contributed by atoms with Gasteiger partial charge in [0.25, 0.3) is 11.8 Å². The summed E-state index contributed by atoms with van der Waals surface area (Å²) in [5.41, 5.74) is -1.40. The number of allylic oxidation sites excluding steroid dienone is 1. The number of hydrogen-bond donors (Lipinski definition) is 2. The van der Waals surface area contributed by atoms with E-state index in [0.717, 1.165) is 6.92 Å². The molecule has 0 bridgehead atoms. The molecule has 1 unspecified atom stereocenters. The van der Waals surface area contributed by atoms with E-state index in [1.807, 2.05) is 0 Å². The zero-order valence-corrected chi connectivity index (χ0v) is 18.3. The molecule has 1 heterocycles. The largest absolute Gasteiger partial charge is 0.510 e. The predicted molar refractivity (Wildman–Crippen MR) is 111 cm³/mol. The normalized spacial score (nSPS) is 20.1. The van der Waals surface area contributed by atoms with Crippen LogP contribution < -0.4 is 10.1 Å². The number of nitrogens with zero attached hydrogens (tertiary/aromatic N) is 1. The topological polar surface area (TPSA) is 139 Å². The molecule has 0 saturated carbocycles. The minimum atomic E-state index is -2.28. The second-order valence-electron chi connectivity index (χ2n) is 7.61. The van der Waals surface area contributed by atoms with Gasteiger partial charge in [0.1, 0.15) is 39.3 Å². The van der Waals surface area contributed by atoms with Crippen molar-refractivity contribution in [2.75, 3.05) is 6.61 Å². The maximum Gasteiger partial charge on any atom is 0.359 e. The first-order valence-corrected chi connectivity index (χ1v) is 10.5. The molecule has 31 heavy (non-hydrogen) atoms. The van der Waals surface area contributed by atoms with E-state index in [9.17, 15) is 28.5 Å². The van der Waals surface area contributed by atoms with Crippen LogP contribution in [0, 0.1) is 0 Å². The van der Waals surface area contributed by atoms with Gasteiger partial charge in [0.05, 0.1) is 0 Å². The summed E-state index contributed by atoms with van der Waals surface area (Å²) in [5.74, 6) is -2.70. The maximum absolute atomic E-state index is 12.7. The van der Waals surface area contributed by atoms with E-state index >= 15 is 0 Å². The van der Waals surface area contributed by atoms with Crippen LogP contribution in [0.25, 0.3) is 0 Å². The average Bonchev–Trinajstić information content (AvgIpc) is 2.69. The Balaban J connectivity index is 2.18. The van der Waals surface area contributed by atoms with Gasteiger partial charge in [-0.05, 0) is 39.8 Å². The van der Waals surface area contributed by atoms with Crippen molar-refractivity contribution in [3.8, 4) is 5.75 Å². The molecule has 3 atom stereocenters. The molecule has 0 aliphatic carbocycles. The predicted octanol–water partition coefficient (Wildman–Crippen LogP) is 0.789. The smallest absolute Gasteiger partial charge is 0.359 e. The van der Waals surface area contributed by atoms with Crippen LogP contribution in [-0.2, 0) is 34.7 Å². The summed E-state index contributed by atoms with van der Waals surface area (Å²) in [6.45, 7) is 5.48. The molecule has 10 nitrogen and oxygen atoms in total. The number of amides is 2. The Kier molecular flexibility index (Phi) is 7.55. The number of aliphatic hydroxyl groups excluding tert-OH is 1. The molecule has 1 fully saturated rings. The number of carbonyl (C=O) groups is 4. The number of benzene rings is 1. The second kappa shape index (κ2) is 9.73. The van der Waals surface area contributed by atoms with E-state index < -0.39 is 63.7 Å². The van der Waals surface area contributed by atoms with Gasteiger partial charge in [-0.2, -0.15) is 0 Å². The first-order chi connectivity index (χ1) is 14.5. The molecule has 0 radical (unpaired) electrons. The van der Waals surface area contributed by atoms with Gasteiger partial charge >= 0.3 is 5.97 Å². The lowest BCUT2D eigenvalue weighted by Gasteiger charge is -2.45. The van der Waals surface area contributed by atoms with Crippen molar-refractivity contribution >= 4 is 34.2 Å². The summed E-state index contributed by atoms with van der Waals surface area (Å²) in [4.78, 5) is 49.2. The lowest BCUT2D eigenvalue weighted by Crippen LogP contribution is -2.72. The summed E-state index contributed by atoms with van der Waals surface area (Å²) in [6, 6.07) is 7.12. The highest BCUT2D eigenvalue weighted by atomic mass is 32.2. The minimum Gasteiger partial charge on any atom is -0.510 e. The van der Waals surface area contributed by atoms with Gasteiger partial charge in [-0.15, -0.1) is 0 Å². The zero-order valence-electron chi connectivity index (χ0n) is 17.5. The number of likely N-dealkylation sites (tertiary alicyclic amines) is 1. The van der Waals surface area contributed by atoms with Crippen LogP contribution in [0.1, 0.15) is 27.7 Å². The molecule has 1 aromatic rings. The highest BCUT2D eigenvalue weighted by Crippen LogP contribution is 2.30. The number of hydrogen-bond acceptors (Lipinski definition) is 8. The summed E-state index contributed by atoms with van der Waals surface area (Å²) in [7, 11) is -2.28. The van der Waals surface area contributed by atoms with Crippen molar-refractivity contribution < 1.29 is 38.0 Å². The number of aliphatic hydroxyl groups is 1. The lowest BCUT2D eigenvalue weighted by atomic mass is 10.0. The molecule has 2 amide bonds. The molecule has 2 rings (SSSR count). The standard InChI is InChI=1S/C20H24N2O8S/c1-12(24)16(19(27)30-20(2,3)4)22-17(26)15(18(22)31(28)11-23)21-14(25)10-29-13-8-6-5-7-9-13/h5-9,11,15,18,24H,10H2,1-4H3,(H,21,25)/b16-12+/t15-,18-,31?/m1/s1. The number of carbonyl (C=O) groups excluding carboxylic acids is 4. The SMILES string of the molecule is C/C(O)=C(/C(=O)OC(C)(C)C)N1C(=O)[C@@H](NC(=O)COc2ccccc2)[C@H]1S(=O)C=O. The quantitative estimate of drug-likeness (QED) is 0.194. The fourth-order valence-electron chi connectivity index (χ4n) is 2.76. The third-order valence-electron chi connectivity index (χ3n) is 3.98. The third kappa shape index (κ3) is 5.91. The van der Waals surface area contributed by atoms with E-state index in [4.69, 9.17) is 9.47 Å². The van der Waals surface area contributed by atoms with Crippen molar-refractivity contribution in [2.45, 2.75) is 44.7 Å². The first kappa shape index (κ1) is 24.1. The van der Waals surface area contributed by atoms with Crippen molar-refractivity contribution in [3.63, 3.8) is 0 Å². The van der Waals surface area contributed by atoms with Gasteiger partial charge in [-0.3, -0.25) is 19.3 Å². The zero-order chi connectivity index (χ0) is 23.3. The van der Waals surface area contributed by atoms with Gasteiger partial charge in [0, 0.05) is 0 Å². The Labute approximate surface area is 181 Å². The van der Waals surface area contributed by atoms with Crippen LogP contribution in [-0.4, -0.2) is 61.2 Å². The molecule has 1 aliphatic rings. The van der Waals surface area contributed by atoms with Crippen LogP contribution in [0.3, 0.4) is 0 Å². The van der Waals surface area contributed by atoms with Gasteiger partial charge in [0.2, 0.25) is 5.62 Å². The van der Waals surface area contributed by atoms with E-state index in [1.165, 1.54) is 0 Å². The number of ether oxygens (including phenoxy) is 2. The molecule has 2 N–H and O–H groups in total. The highest BCUT2D eigenvalue weighted by Gasteiger charge is 2.55. The number of esters is 1. The Hall–Kier alpha value is -3.21. The van der Waals surface area contributed by atoms with Gasteiger partial charge in [0.15, 0.2) is 12.3 Å². The Morgan fingerprint density at radius 1 is 1.26 bits per heavy atom. The van der Waals surface area contributed by atoms with E-state index in [2.05, 4.69) is 5.32 Å². The monoisotopic (exact) mass is 452 g/mol. The molecular weight excluding hydrogens is 428 g/mol. The summed E-state index contributed by atoms with van der Waals surface area (Å²) < 4.78 is 22.7. The lowest BCUT2D eigenvalue weighted by molar-refractivity contribution is -0.159. The van der Waals surface area contributed by atoms with Crippen molar-refractivity contribution in [1.82, 2.24) is 10.2 Å². The molecule has 1 saturated heterocycles. The first-order valence-electron chi connectivity index (χ1n) is 9.24. The van der Waals surface area contributed by atoms with Crippen LogP contribution in [0.2, 0.25) is 0 Å². The highest BCUT2D eigenvalue weighted by molar-refractivity contribution is 7.99. The molecule has 0 spiro atoms. The van der Waals surface area contributed by atoms with Crippen LogP contribution in [0.4, 0.5) is 0 Å². The molecular formula is C20H24N2O8S.